The molecule has 0 aliphatic heterocycles. The van der Waals surface area contributed by atoms with Crippen LogP contribution < -0.4 is 0 Å². The molecule has 5 nitrogen and oxygen atoms in total. The van der Waals surface area contributed by atoms with Crippen molar-refractivity contribution in [2.24, 2.45) is 0 Å². The molecule has 37 heavy (non-hydrogen) atoms. The van der Waals surface area contributed by atoms with Gasteiger partial charge in [0.15, 0.2) is 0 Å². The van der Waals surface area contributed by atoms with Gasteiger partial charge in [-0.1, -0.05) is 74.9 Å². The van der Waals surface area contributed by atoms with Crippen LogP contribution in [0.1, 0.15) is 75.3 Å². The number of benzene rings is 2. The Morgan fingerprint density at radius 1 is 0.595 bits per heavy atom. The fourth-order valence-electron chi connectivity index (χ4n) is 6.16. The Balaban J connectivity index is 1.31. The first-order chi connectivity index (χ1) is 18.3. The molecule has 0 atom stereocenters. The molecule has 0 radical (unpaired) electrons. The number of imidazole rings is 2. The second-order valence-corrected chi connectivity index (χ2v) is 12.8. The molecular weight excluding hydrogens is 496 g/mol. The van der Waals surface area contributed by atoms with Crippen molar-refractivity contribution in [1.29, 1.82) is 0 Å². The van der Waals surface area contributed by atoms with Gasteiger partial charge in [0.05, 0.1) is 33.5 Å². The highest BCUT2D eigenvalue weighted by molar-refractivity contribution is 8.08. The molecule has 7 heteroatoms. The Morgan fingerprint density at radius 3 is 1.43 bits per heavy atom. The minimum atomic E-state index is -0.0637. The van der Waals surface area contributed by atoms with Gasteiger partial charge in [-0.3, -0.25) is 0 Å². The highest BCUT2D eigenvalue weighted by atomic mass is 32.2. The second kappa shape index (κ2) is 11.1. The van der Waals surface area contributed by atoms with Gasteiger partial charge in [0, 0.05) is 48.9 Å². The van der Waals surface area contributed by atoms with Crippen molar-refractivity contribution in [3.05, 3.63) is 97.1 Å². The molecule has 2 aromatic carbocycles. The van der Waals surface area contributed by atoms with Crippen molar-refractivity contribution in [3.8, 4) is 11.4 Å². The zero-order chi connectivity index (χ0) is 25.0. The Hall–Kier alpha value is -2.48. The molecule has 0 spiro atoms. The third kappa shape index (κ3) is 5.01. The van der Waals surface area contributed by atoms with Gasteiger partial charge in [-0.25, -0.2) is 13.6 Å². The average Bonchev–Trinajstić information content (AvgIpc) is 3.70. The zero-order valence-corrected chi connectivity index (χ0v) is 22.8. The van der Waals surface area contributed by atoms with Gasteiger partial charge in [0.2, 0.25) is 0 Å². The lowest BCUT2D eigenvalue weighted by Gasteiger charge is -2.40. The number of rotatable bonds is 8. The molecule has 6 rings (SSSR count). The predicted molar refractivity (Wildman–Crippen MR) is 153 cm³/mol. The summed E-state index contributed by atoms with van der Waals surface area (Å²) >= 11 is 3.42. The second-order valence-electron chi connectivity index (χ2n) is 10.3. The molecule has 0 saturated heterocycles. The van der Waals surface area contributed by atoms with Crippen LogP contribution in [0.25, 0.3) is 11.4 Å². The van der Waals surface area contributed by atoms with Crippen LogP contribution in [0.5, 0.6) is 0 Å². The lowest BCUT2D eigenvalue weighted by atomic mass is 9.82. The summed E-state index contributed by atoms with van der Waals surface area (Å²) in [6.07, 6.45) is 23.6. The van der Waals surface area contributed by atoms with Gasteiger partial charge in [-0.15, -0.1) is 0 Å². The van der Waals surface area contributed by atoms with E-state index < -0.39 is 0 Å². The Morgan fingerprint density at radius 2 is 1.03 bits per heavy atom. The molecule has 0 amide bonds. The summed E-state index contributed by atoms with van der Waals surface area (Å²) in [7, 11) is 0. The molecule has 0 unspecified atom stereocenters. The molecule has 4 aromatic rings. The fourth-order valence-corrected chi connectivity index (χ4v) is 8.77. The van der Waals surface area contributed by atoms with Gasteiger partial charge in [0.1, 0.15) is 0 Å². The van der Waals surface area contributed by atoms with Crippen molar-refractivity contribution in [2.75, 3.05) is 0 Å². The standard InChI is InChI=1S/C30H34N4OS2/c1-7-15-29(16-8-1,25-11-3-5-13-27(25)33-21-19-31-23-33)36-35-37-30(17-9-2-10-18-30)26-12-4-6-14-28(26)34-22-20-32-24-34/h3-6,11-14,19-24H,1-2,7-10,15-18H2. The first kappa shape index (κ1) is 24.8. The SMILES string of the molecule is c1ccc(C2(SOSC3(c4ccccc4-n4ccnc4)CCCCC3)CCCCC2)c(-n2ccnc2)c1. The Labute approximate surface area is 228 Å². The van der Waals surface area contributed by atoms with Gasteiger partial charge in [-0.2, -0.15) is 0 Å². The maximum atomic E-state index is 6.76. The maximum Gasteiger partial charge on any atom is 0.0991 e. The minimum absolute atomic E-state index is 0.0637. The van der Waals surface area contributed by atoms with E-state index in [9.17, 15) is 0 Å². The van der Waals surface area contributed by atoms with Crippen molar-refractivity contribution in [2.45, 2.75) is 73.7 Å². The minimum Gasteiger partial charge on any atom is -0.306 e. The Kier molecular flexibility index (Phi) is 7.45. The molecule has 2 heterocycles. The van der Waals surface area contributed by atoms with Crippen LogP contribution in [-0.4, -0.2) is 19.1 Å². The van der Waals surface area contributed by atoms with Gasteiger partial charge in [-0.05, 0) is 48.9 Å². The van der Waals surface area contributed by atoms with E-state index in [-0.39, 0.29) is 9.49 Å². The quantitative estimate of drug-likeness (QED) is 0.214. The normalized spacial score (nSPS) is 19.0. The summed E-state index contributed by atoms with van der Waals surface area (Å²) in [6, 6.07) is 17.6. The Bertz CT molecular complexity index is 1180. The molecule has 192 valence electrons. The lowest BCUT2D eigenvalue weighted by molar-refractivity contribution is 0.386. The van der Waals surface area contributed by atoms with Crippen LogP contribution in [0.4, 0.5) is 0 Å². The van der Waals surface area contributed by atoms with E-state index in [1.54, 1.807) is 24.1 Å². The highest BCUT2D eigenvalue weighted by Crippen LogP contribution is 2.56. The monoisotopic (exact) mass is 530 g/mol. The van der Waals surface area contributed by atoms with E-state index in [4.69, 9.17) is 3.63 Å². The third-order valence-corrected chi connectivity index (χ3v) is 10.5. The summed E-state index contributed by atoms with van der Waals surface area (Å²) in [5, 5.41) is 0. The number of nitrogens with zero attached hydrogens (tertiary/aromatic N) is 4. The van der Waals surface area contributed by atoms with Crippen LogP contribution in [0.3, 0.4) is 0 Å². The topological polar surface area (TPSA) is 44.9 Å². The van der Waals surface area contributed by atoms with E-state index in [0.29, 0.717) is 0 Å². The van der Waals surface area contributed by atoms with E-state index >= 15 is 0 Å². The summed E-state index contributed by atoms with van der Waals surface area (Å²) < 4.78 is 10.9. The average molecular weight is 531 g/mol. The first-order valence-electron chi connectivity index (χ1n) is 13.5. The summed E-state index contributed by atoms with van der Waals surface area (Å²) in [6.45, 7) is 0. The van der Waals surface area contributed by atoms with Gasteiger partial charge < -0.3 is 9.13 Å². The molecular formula is C30H34N4OS2. The lowest BCUT2D eigenvalue weighted by Crippen LogP contribution is -2.29. The van der Waals surface area contributed by atoms with Crippen molar-refractivity contribution in [1.82, 2.24) is 19.1 Å². The summed E-state index contributed by atoms with van der Waals surface area (Å²) in [5.74, 6) is 0. The van der Waals surface area contributed by atoms with Crippen LogP contribution in [-0.2, 0) is 13.1 Å². The molecule has 2 aromatic heterocycles. The van der Waals surface area contributed by atoms with Crippen molar-refractivity contribution >= 4 is 24.1 Å². The van der Waals surface area contributed by atoms with Crippen LogP contribution >= 0.6 is 24.1 Å². The highest BCUT2D eigenvalue weighted by Gasteiger charge is 2.42. The molecule has 0 N–H and O–H groups in total. The first-order valence-corrected chi connectivity index (χ1v) is 15.0. The molecule has 2 fully saturated rings. The molecule has 2 aliphatic rings. The van der Waals surface area contributed by atoms with E-state index in [0.717, 1.165) is 25.7 Å². The van der Waals surface area contributed by atoms with E-state index in [1.165, 1.54) is 61.0 Å². The maximum absolute atomic E-state index is 6.76. The largest absolute Gasteiger partial charge is 0.306 e. The summed E-state index contributed by atoms with van der Waals surface area (Å²) in [5.41, 5.74) is 5.13. The zero-order valence-electron chi connectivity index (χ0n) is 21.2. The van der Waals surface area contributed by atoms with Crippen LogP contribution in [0.2, 0.25) is 0 Å². The third-order valence-electron chi connectivity index (χ3n) is 8.06. The van der Waals surface area contributed by atoms with Crippen LogP contribution in [0, 0.1) is 0 Å². The van der Waals surface area contributed by atoms with Gasteiger partial charge in [0.25, 0.3) is 0 Å². The molecule has 2 aliphatic carbocycles. The van der Waals surface area contributed by atoms with E-state index in [1.807, 2.05) is 37.4 Å². The predicted octanol–water partition coefficient (Wildman–Crippen LogP) is 8.39. The smallest absolute Gasteiger partial charge is 0.0991 e. The molecule has 2 saturated carbocycles. The number of para-hydroxylation sites is 2. The number of aromatic nitrogens is 4. The molecule has 0 bridgehead atoms. The van der Waals surface area contributed by atoms with Gasteiger partial charge >= 0.3 is 0 Å². The fraction of sp³-hybridized carbons (Fsp3) is 0.400. The number of hydrogen-bond donors (Lipinski definition) is 0. The summed E-state index contributed by atoms with van der Waals surface area (Å²) in [4.78, 5) is 8.63. The van der Waals surface area contributed by atoms with Crippen molar-refractivity contribution in [3.63, 3.8) is 0 Å². The van der Waals surface area contributed by atoms with Crippen molar-refractivity contribution < 1.29 is 3.63 Å². The van der Waals surface area contributed by atoms with E-state index in [2.05, 4.69) is 67.6 Å². The van der Waals surface area contributed by atoms with Crippen LogP contribution in [0.15, 0.2) is 86.0 Å². The number of hydrogen-bond acceptors (Lipinski definition) is 5.